The molecule has 0 radical (unpaired) electrons. The van der Waals surface area contributed by atoms with Crippen molar-refractivity contribution in [2.75, 3.05) is 6.61 Å². The molecule has 0 amide bonds. The minimum Gasteiger partial charge on any atom is -0.478 e. The lowest BCUT2D eigenvalue weighted by Crippen LogP contribution is -2.31. The van der Waals surface area contributed by atoms with Crippen molar-refractivity contribution >= 4 is 32.8 Å². The minimum absolute atomic E-state index is 0.303. The number of hydrogen-bond acceptors (Lipinski definition) is 3. The highest BCUT2D eigenvalue weighted by molar-refractivity contribution is 9.10. The summed E-state index contributed by atoms with van der Waals surface area (Å²) < 4.78 is 14.8. The summed E-state index contributed by atoms with van der Waals surface area (Å²) in [5.41, 5.74) is 6.43. The zero-order valence-corrected chi connectivity index (χ0v) is 21.8. The molecule has 0 aliphatic heterocycles. The molecule has 2 heterocycles. The summed E-state index contributed by atoms with van der Waals surface area (Å²) in [6.45, 7) is 4.20. The molecular formula is C30H27BrN2O3. The van der Waals surface area contributed by atoms with Gasteiger partial charge in [-0.1, -0.05) is 34.1 Å². The molecule has 0 fully saturated rings. The highest BCUT2D eigenvalue weighted by Gasteiger charge is 2.24. The predicted octanol–water partition coefficient (Wildman–Crippen LogP) is 7.25. The van der Waals surface area contributed by atoms with E-state index in [1.807, 2.05) is 66.9 Å². The second-order valence-corrected chi connectivity index (χ2v) is 9.53. The van der Waals surface area contributed by atoms with Crippen LogP contribution in [0.2, 0.25) is 0 Å². The van der Waals surface area contributed by atoms with E-state index in [4.69, 9.17) is 9.47 Å². The molecule has 6 heteroatoms. The number of para-hydroxylation sites is 1. The molecule has 3 aromatic carbocycles. The van der Waals surface area contributed by atoms with Crippen molar-refractivity contribution in [2.24, 2.45) is 0 Å². The lowest BCUT2D eigenvalue weighted by Gasteiger charge is -2.18. The van der Waals surface area contributed by atoms with Gasteiger partial charge in [-0.05, 0) is 91.7 Å². The number of esters is 1. The molecule has 5 aromatic rings. The Bertz CT molecular complexity index is 1480. The van der Waals surface area contributed by atoms with Crippen molar-refractivity contribution in [3.8, 4) is 22.7 Å². The average Bonchev–Trinajstić information content (AvgIpc) is 3.48. The zero-order chi connectivity index (χ0) is 25.1. The van der Waals surface area contributed by atoms with Gasteiger partial charge in [0, 0.05) is 39.4 Å². The topological polar surface area (TPSA) is 56.3 Å². The molecule has 0 aliphatic carbocycles. The number of H-pyrrole nitrogens is 1. The van der Waals surface area contributed by atoms with Gasteiger partial charge in [0.25, 0.3) is 0 Å². The van der Waals surface area contributed by atoms with Crippen LogP contribution in [0.3, 0.4) is 0 Å². The molecule has 0 saturated carbocycles. The number of benzene rings is 3. The molecule has 0 unspecified atom stereocenters. The van der Waals surface area contributed by atoms with Crippen LogP contribution in [0.1, 0.15) is 18.2 Å². The van der Waals surface area contributed by atoms with E-state index in [1.54, 1.807) is 6.92 Å². The molecule has 1 atom stereocenters. The molecule has 0 bridgehead atoms. The number of aryl methyl sites for hydroxylation is 1. The fraction of sp³-hybridized carbons (Fsp3) is 0.167. The van der Waals surface area contributed by atoms with Crippen molar-refractivity contribution in [1.82, 2.24) is 9.55 Å². The van der Waals surface area contributed by atoms with Crippen LogP contribution in [0.15, 0.2) is 95.6 Å². The molecule has 0 aliphatic rings. The van der Waals surface area contributed by atoms with Gasteiger partial charge in [-0.25, -0.2) is 4.79 Å². The lowest BCUT2D eigenvalue weighted by atomic mass is 10.1. The van der Waals surface area contributed by atoms with Gasteiger partial charge in [0.1, 0.15) is 5.75 Å². The van der Waals surface area contributed by atoms with Gasteiger partial charge in [-0.3, -0.25) is 0 Å². The van der Waals surface area contributed by atoms with Crippen LogP contribution in [0, 0.1) is 6.92 Å². The zero-order valence-electron chi connectivity index (χ0n) is 20.2. The summed E-state index contributed by atoms with van der Waals surface area (Å²) in [6, 6.07) is 28.4. The third kappa shape index (κ3) is 4.95. The third-order valence-electron chi connectivity index (χ3n) is 6.22. The SMILES string of the molecule is CCOC(=O)[C@@H](Cc1c[nH]c2ccccc12)Oc1ccc(-c2ccc(C)n2-c2ccc(Br)cc2)cc1. The number of hydrogen-bond donors (Lipinski definition) is 1. The standard InChI is InChI=1S/C30H27BrN2O3/c1-3-35-30(34)29(18-22-19-32-27-7-5-4-6-26(22)27)36-25-15-9-21(10-16-25)28-17-8-20(2)33(28)24-13-11-23(31)12-14-24/h4-17,19,29,32H,3,18H2,1-2H3/t29-/m1/s1. The summed E-state index contributed by atoms with van der Waals surface area (Å²) in [5.74, 6) is 0.252. The van der Waals surface area contributed by atoms with E-state index >= 15 is 0 Å². The Balaban J connectivity index is 1.39. The first-order chi connectivity index (χ1) is 17.5. The second-order valence-electron chi connectivity index (χ2n) is 8.62. The first kappa shape index (κ1) is 23.9. The Morgan fingerprint density at radius 2 is 1.72 bits per heavy atom. The number of carbonyl (C=O) groups is 1. The molecule has 0 spiro atoms. The van der Waals surface area contributed by atoms with E-state index in [0.29, 0.717) is 18.8 Å². The van der Waals surface area contributed by atoms with Crippen LogP contribution >= 0.6 is 15.9 Å². The summed E-state index contributed by atoms with van der Waals surface area (Å²) in [7, 11) is 0. The highest BCUT2D eigenvalue weighted by atomic mass is 79.9. The molecule has 5 rings (SSSR count). The van der Waals surface area contributed by atoms with Crippen LogP contribution in [0.25, 0.3) is 27.8 Å². The van der Waals surface area contributed by atoms with Crippen molar-refractivity contribution in [1.29, 1.82) is 0 Å². The van der Waals surface area contributed by atoms with E-state index in [2.05, 4.69) is 56.7 Å². The van der Waals surface area contributed by atoms with Crippen LogP contribution < -0.4 is 4.74 Å². The maximum atomic E-state index is 12.8. The lowest BCUT2D eigenvalue weighted by molar-refractivity contribution is -0.151. The number of aromatic amines is 1. The van der Waals surface area contributed by atoms with E-state index in [1.165, 1.54) is 0 Å². The van der Waals surface area contributed by atoms with E-state index in [9.17, 15) is 4.79 Å². The number of ether oxygens (including phenoxy) is 2. The Morgan fingerprint density at radius 1 is 0.972 bits per heavy atom. The van der Waals surface area contributed by atoms with Crippen LogP contribution in [-0.4, -0.2) is 28.2 Å². The van der Waals surface area contributed by atoms with Gasteiger partial charge in [-0.15, -0.1) is 0 Å². The van der Waals surface area contributed by atoms with Gasteiger partial charge < -0.3 is 19.0 Å². The fourth-order valence-electron chi connectivity index (χ4n) is 4.47. The van der Waals surface area contributed by atoms with E-state index in [0.717, 1.165) is 43.6 Å². The van der Waals surface area contributed by atoms with Gasteiger partial charge in [0.2, 0.25) is 0 Å². The fourth-order valence-corrected chi connectivity index (χ4v) is 4.74. The Labute approximate surface area is 218 Å². The van der Waals surface area contributed by atoms with Crippen LogP contribution in [0.5, 0.6) is 5.75 Å². The summed E-state index contributed by atoms with van der Waals surface area (Å²) >= 11 is 3.51. The maximum absolute atomic E-state index is 12.8. The van der Waals surface area contributed by atoms with Crippen molar-refractivity contribution < 1.29 is 14.3 Å². The first-order valence-electron chi connectivity index (χ1n) is 12.0. The third-order valence-corrected chi connectivity index (χ3v) is 6.75. The number of nitrogens with one attached hydrogen (secondary N) is 1. The number of aromatic nitrogens is 2. The number of halogens is 1. The van der Waals surface area contributed by atoms with Crippen molar-refractivity contribution in [3.05, 3.63) is 107 Å². The molecule has 1 N–H and O–H groups in total. The molecule has 36 heavy (non-hydrogen) atoms. The number of nitrogens with zero attached hydrogens (tertiary/aromatic N) is 1. The monoisotopic (exact) mass is 542 g/mol. The van der Waals surface area contributed by atoms with Gasteiger partial charge in [-0.2, -0.15) is 0 Å². The maximum Gasteiger partial charge on any atom is 0.347 e. The number of rotatable bonds is 8. The Morgan fingerprint density at radius 3 is 2.47 bits per heavy atom. The number of fused-ring (bicyclic) bond motifs is 1. The summed E-state index contributed by atoms with van der Waals surface area (Å²) in [5, 5.41) is 1.08. The smallest absolute Gasteiger partial charge is 0.347 e. The second kappa shape index (κ2) is 10.5. The van der Waals surface area contributed by atoms with Gasteiger partial charge in [0.15, 0.2) is 6.10 Å². The minimum atomic E-state index is -0.746. The van der Waals surface area contributed by atoms with E-state index in [-0.39, 0.29) is 5.97 Å². The summed E-state index contributed by atoms with van der Waals surface area (Å²) in [4.78, 5) is 16.0. The molecule has 5 nitrogen and oxygen atoms in total. The van der Waals surface area contributed by atoms with Crippen molar-refractivity contribution in [2.45, 2.75) is 26.4 Å². The molecule has 0 saturated heterocycles. The Kier molecular flexibility index (Phi) is 6.96. The average molecular weight is 543 g/mol. The van der Waals surface area contributed by atoms with Gasteiger partial charge in [0.05, 0.1) is 12.3 Å². The molecule has 2 aromatic heterocycles. The van der Waals surface area contributed by atoms with Crippen LogP contribution in [-0.2, 0) is 16.0 Å². The van der Waals surface area contributed by atoms with Gasteiger partial charge >= 0.3 is 5.97 Å². The first-order valence-corrected chi connectivity index (χ1v) is 12.8. The van der Waals surface area contributed by atoms with E-state index < -0.39 is 6.10 Å². The van der Waals surface area contributed by atoms with Crippen LogP contribution in [0.4, 0.5) is 0 Å². The normalized spacial score (nSPS) is 12.0. The van der Waals surface area contributed by atoms with Crippen molar-refractivity contribution in [3.63, 3.8) is 0 Å². The molecule has 182 valence electrons. The molecular weight excluding hydrogens is 516 g/mol. The number of carbonyl (C=O) groups excluding carboxylic acids is 1. The quantitative estimate of drug-likeness (QED) is 0.210. The largest absolute Gasteiger partial charge is 0.478 e. The Hall–Kier alpha value is -3.77. The predicted molar refractivity (Wildman–Crippen MR) is 147 cm³/mol. The summed E-state index contributed by atoms with van der Waals surface area (Å²) in [6.07, 6.45) is 1.60. The highest BCUT2D eigenvalue weighted by Crippen LogP contribution is 2.29.